The van der Waals surface area contributed by atoms with Gasteiger partial charge >= 0.3 is 0 Å². The number of hydrogen-bond acceptors (Lipinski definition) is 8. The lowest BCUT2D eigenvalue weighted by molar-refractivity contribution is -0.394. The first-order chi connectivity index (χ1) is 15.6. The van der Waals surface area contributed by atoms with E-state index in [-0.39, 0.29) is 10.7 Å². The highest BCUT2D eigenvalue weighted by Crippen LogP contribution is 2.22. The number of amides is 2. The van der Waals surface area contributed by atoms with Crippen molar-refractivity contribution in [1.29, 1.82) is 0 Å². The van der Waals surface area contributed by atoms with Crippen LogP contribution in [0.25, 0.3) is 0 Å². The number of carbonyl (C=O) groups excluding carboxylic acids is 2. The van der Waals surface area contributed by atoms with E-state index in [0.717, 1.165) is 24.6 Å². The summed E-state index contributed by atoms with van der Waals surface area (Å²) in [5.74, 6) is -0.352. The first-order valence-electron chi connectivity index (χ1n) is 9.65. The van der Waals surface area contributed by atoms with Crippen molar-refractivity contribution in [3.8, 4) is 5.75 Å². The molecule has 0 aliphatic carbocycles. The molecule has 2 rings (SSSR count). The molecule has 0 radical (unpaired) electrons. The molecule has 0 atom stereocenters. The number of nitro groups is 2. The molecule has 0 fully saturated rings. The molecule has 0 spiro atoms. The smallest absolute Gasteiger partial charge is 0.277 e. The van der Waals surface area contributed by atoms with E-state index in [2.05, 4.69) is 30.0 Å². The van der Waals surface area contributed by atoms with Crippen LogP contribution in [0.4, 0.5) is 11.4 Å². The number of nitrogens with one attached hydrogen (secondary N) is 3. The van der Waals surface area contributed by atoms with E-state index in [1.165, 1.54) is 0 Å². The molecular weight excluding hydrogens is 454 g/mol. The third-order valence-electron chi connectivity index (χ3n) is 4.18. The minimum absolute atomic E-state index is 0.294. The Balaban J connectivity index is 1.92. The highest BCUT2D eigenvalue weighted by atomic mass is 32.1. The largest absolute Gasteiger partial charge is 0.494 e. The molecule has 0 saturated heterocycles. The molecule has 2 aromatic rings. The van der Waals surface area contributed by atoms with Crippen molar-refractivity contribution in [2.45, 2.75) is 20.3 Å². The zero-order valence-electron chi connectivity index (χ0n) is 17.7. The van der Waals surface area contributed by atoms with Gasteiger partial charge in [0.1, 0.15) is 5.75 Å². The first kappa shape index (κ1) is 25.1. The third-order valence-corrected chi connectivity index (χ3v) is 4.39. The maximum absolute atomic E-state index is 12.3. The molecule has 0 aromatic heterocycles. The van der Waals surface area contributed by atoms with Gasteiger partial charge in [0.2, 0.25) is 0 Å². The summed E-state index contributed by atoms with van der Waals surface area (Å²) in [6.07, 6.45) is 0.902. The molecule has 12 nitrogen and oxygen atoms in total. The summed E-state index contributed by atoms with van der Waals surface area (Å²) in [7, 11) is 0. The Morgan fingerprint density at radius 2 is 1.52 bits per heavy atom. The molecule has 0 aliphatic rings. The van der Waals surface area contributed by atoms with Crippen molar-refractivity contribution in [3.05, 3.63) is 73.8 Å². The fourth-order valence-corrected chi connectivity index (χ4v) is 2.59. The predicted molar refractivity (Wildman–Crippen MR) is 122 cm³/mol. The molecule has 0 bridgehead atoms. The van der Waals surface area contributed by atoms with Gasteiger partial charge in [0.25, 0.3) is 23.2 Å². The van der Waals surface area contributed by atoms with Gasteiger partial charge in [0.05, 0.1) is 28.1 Å². The van der Waals surface area contributed by atoms with Crippen LogP contribution in [0.15, 0.2) is 42.5 Å². The van der Waals surface area contributed by atoms with Gasteiger partial charge in [-0.15, -0.1) is 0 Å². The van der Waals surface area contributed by atoms with E-state index >= 15 is 0 Å². The van der Waals surface area contributed by atoms with Crippen molar-refractivity contribution in [3.63, 3.8) is 0 Å². The van der Waals surface area contributed by atoms with E-state index in [4.69, 9.17) is 17.0 Å². The number of ether oxygens (including phenoxy) is 1. The van der Waals surface area contributed by atoms with Gasteiger partial charge in [0.15, 0.2) is 5.11 Å². The van der Waals surface area contributed by atoms with E-state index in [1.54, 1.807) is 24.3 Å². The molecule has 0 saturated carbocycles. The Bertz CT molecular complexity index is 1040. The SMILES string of the molecule is CC(C)CCOc1ccc(C(=O)NNC(=S)NC(=O)c2cc([N+](=O)[O-])cc([N+](=O)[O-])c2)cc1. The molecule has 13 heteroatoms. The molecule has 0 aliphatic heterocycles. The predicted octanol–water partition coefficient (Wildman–Crippen LogP) is 2.88. The van der Waals surface area contributed by atoms with Gasteiger partial charge in [-0.25, -0.2) is 0 Å². The minimum atomic E-state index is -0.934. The number of thiocarbonyl (C=S) groups is 1. The Hall–Kier alpha value is -4.13. The van der Waals surface area contributed by atoms with E-state index in [1.807, 2.05) is 0 Å². The molecule has 2 amide bonds. The van der Waals surface area contributed by atoms with E-state index in [0.29, 0.717) is 23.8 Å². The monoisotopic (exact) mass is 475 g/mol. The number of hydrogen-bond donors (Lipinski definition) is 3. The lowest BCUT2D eigenvalue weighted by Gasteiger charge is -2.11. The van der Waals surface area contributed by atoms with Crippen LogP contribution in [0.3, 0.4) is 0 Å². The van der Waals surface area contributed by atoms with Crippen molar-refractivity contribution < 1.29 is 24.2 Å². The van der Waals surface area contributed by atoms with Crippen LogP contribution in [0.5, 0.6) is 5.75 Å². The van der Waals surface area contributed by atoms with Crippen LogP contribution < -0.4 is 20.9 Å². The number of benzene rings is 2. The molecule has 0 heterocycles. The molecule has 0 unspecified atom stereocenters. The number of hydrazine groups is 1. The first-order valence-corrected chi connectivity index (χ1v) is 10.1. The normalized spacial score (nSPS) is 10.3. The zero-order chi connectivity index (χ0) is 24.5. The van der Waals surface area contributed by atoms with Gasteiger partial charge < -0.3 is 4.74 Å². The van der Waals surface area contributed by atoms with Crippen LogP contribution in [-0.4, -0.2) is 33.4 Å². The number of rotatable bonds is 8. The summed E-state index contributed by atoms with van der Waals surface area (Å²) in [5.41, 5.74) is 3.30. The fraction of sp³-hybridized carbons (Fsp3) is 0.250. The summed E-state index contributed by atoms with van der Waals surface area (Å²) in [4.78, 5) is 44.7. The Morgan fingerprint density at radius 3 is 2.03 bits per heavy atom. The van der Waals surface area contributed by atoms with E-state index < -0.39 is 33.0 Å². The summed E-state index contributed by atoms with van der Waals surface area (Å²) in [6.45, 7) is 4.74. The van der Waals surface area contributed by atoms with E-state index in [9.17, 15) is 29.8 Å². The van der Waals surface area contributed by atoms with Crippen LogP contribution in [0.2, 0.25) is 0 Å². The molecule has 3 N–H and O–H groups in total. The molecular formula is C20H21N5O7S. The standard InChI is InChI=1S/C20H21N5O7S/c1-12(2)7-8-32-17-5-3-13(4-6-17)19(27)22-23-20(33)21-18(26)14-9-15(24(28)29)11-16(10-14)25(30)31/h3-6,9-12H,7-8H2,1-2H3,(H,22,27)(H2,21,23,26,33). The molecule has 33 heavy (non-hydrogen) atoms. The summed E-state index contributed by atoms with van der Waals surface area (Å²) in [6, 6.07) is 8.85. The maximum atomic E-state index is 12.3. The Morgan fingerprint density at radius 1 is 0.939 bits per heavy atom. The van der Waals surface area contributed by atoms with Crippen molar-refractivity contribution >= 4 is 40.5 Å². The Kier molecular flexibility index (Phi) is 8.74. The lowest BCUT2D eigenvalue weighted by Crippen LogP contribution is -2.48. The van der Waals surface area contributed by atoms with Gasteiger partial charge in [-0.3, -0.25) is 46.0 Å². The second-order valence-electron chi connectivity index (χ2n) is 7.17. The Labute approximate surface area is 193 Å². The second-order valence-corrected chi connectivity index (χ2v) is 7.58. The third kappa shape index (κ3) is 7.81. The van der Waals surface area contributed by atoms with Gasteiger partial charge in [0, 0.05) is 17.7 Å². The van der Waals surface area contributed by atoms with Crippen molar-refractivity contribution in [2.75, 3.05) is 6.61 Å². The second kappa shape index (κ2) is 11.5. The summed E-state index contributed by atoms with van der Waals surface area (Å²) in [5, 5.41) is 23.7. The minimum Gasteiger partial charge on any atom is -0.494 e. The molecule has 174 valence electrons. The van der Waals surface area contributed by atoms with Crippen LogP contribution in [0, 0.1) is 26.1 Å². The van der Waals surface area contributed by atoms with Crippen LogP contribution in [0.1, 0.15) is 41.0 Å². The maximum Gasteiger partial charge on any atom is 0.277 e. The number of nitrogens with zero attached hydrogens (tertiary/aromatic N) is 2. The highest BCUT2D eigenvalue weighted by molar-refractivity contribution is 7.80. The van der Waals surface area contributed by atoms with Crippen molar-refractivity contribution in [2.24, 2.45) is 5.92 Å². The average molecular weight is 475 g/mol. The van der Waals surface area contributed by atoms with Gasteiger partial charge in [-0.1, -0.05) is 13.8 Å². The number of carbonyl (C=O) groups is 2. The van der Waals surface area contributed by atoms with Crippen molar-refractivity contribution in [1.82, 2.24) is 16.2 Å². The number of non-ortho nitro benzene ring substituents is 2. The fourth-order valence-electron chi connectivity index (χ4n) is 2.44. The molecule has 2 aromatic carbocycles. The highest BCUT2D eigenvalue weighted by Gasteiger charge is 2.20. The average Bonchev–Trinajstić information content (AvgIpc) is 2.77. The quantitative estimate of drug-likeness (QED) is 0.295. The summed E-state index contributed by atoms with van der Waals surface area (Å²) < 4.78 is 5.58. The van der Waals surface area contributed by atoms with Gasteiger partial charge in [-0.05, 0) is 48.8 Å². The lowest BCUT2D eigenvalue weighted by atomic mass is 10.1. The van der Waals surface area contributed by atoms with Crippen LogP contribution >= 0.6 is 12.2 Å². The number of nitro benzene ring substituents is 2. The zero-order valence-corrected chi connectivity index (χ0v) is 18.5. The van der Waals surface area contributed by atoms with Gasteiger partial charge in [-0.2, -0.15) is 0 Å². The summed E-state index contributed by atoms with van der Waals surface area (Å²) >= 11 is 4.91. The topological polar surface area (TPSA) is 166 Å². The van der Waals surface area contributed by atoms with Crippen LogP contribution in [-0.2, 0) is 0 Å².